The summed E-state index contributed by atoms with van der Waals surface area (Å²) >= 11 is -0.630. The first kappa shape index (κ1) is 14.5. The molecule has 0 heterocycles. The largest absolute Gasteiger partial charge is 0.691 e. The summed E-state index contributed by atoms with van der Waals surface area (Å²) in [5.74, 6) is 0.0800. The van der Waals surface area contributed by atoms with Crippen molar-refractivity contribution in [3.63, 3.8) is 0 Å². The lowest BCUT2D eigenvalue weighted by Gasteiger charge is -2.53. The van der Waals surface area contributed by atoms with Gasteiger partial charge in [-0.25, -0.2) is 4.79 Å². The van der Waals surface area contributed by atoms with Gasteiger partial charge in [0.2, 0.25) is 0 Å². The smallest absolute Gasteiger partial charge is 0.415 e. The predicted octanol–water partition coefficient (Wildman–Crippen LogP) is 1.82. The van der Waals surface area contributed by atoms with E-state index in [0.717, 1.165) is 25.7 Å². The maximum Gasteiger partial charge on any atom is 0.415 e. The molecule has 4 aliphatic carbocycles. The highest BCUT2D eigenvalue weighted by Gasteiger charge is 2.53. The number of carbonyl (C=O) groups is 1. The molecular weight excluding hydrogens is 294 g/mol. The molecule has 0 aromatic rings. The molecule has 5 nitrogen and oxygen atoms in total. The predicted molar refractivity (Wildman–Crippen MR) is 61.6 cm³/mol. The molecule has 4 saturated carbocycles. The van der Waals surface area contributed by atoms with Crippen molar-refractivity contribution in [1.82, 2.24) is 0 Å². The average Bonchev–Trinajstić information content (AvgIpc) is 2.39. The van der Waals surface area contributed by atoms with Gasteiger partial charge in [0.05, 0.1) is 0 Å². The van der Waals surface area contributed by atoms with E-state index in [-0.39, 0.29) is 11.8 Å². The van der Waals surface area contributed by atoms with Crippen molar-refractivity contribution in [3.05, 3.63) is 0 Å². The Morgan fingerprint density at radius 3 is 2.15 bits per heavy atom. The zero-order valence-electron chi connectivity index (χ0n) is 10.6. The Hall–Kier alpha value is -0.440. The van der Waals surface area contributed by atoms with Gasteiger partial charge < -0.3 is 9.99 Å². The minimum absolute atomic E-state index is 0.202. The van der Waals surface area contributed by atoms with Crippen LogP contribution in [0.25, 0.3) is 0 Å². The van der Waals surface area contributed by atoms with E-state index >= 15 is 0 Å². The van der Waals surface area contributed by atoms with E-state index in [1.54, 1.807) is 0 Å². The minimum atomic E-state index is -3.93. The molecule has 0 atom stereocenters. The number of alkyl halides is 2. The topological polar surface area (TPSA) is 67.8 Å². The average molecular weight is 309 g/mol. The first-order valence-electron chi connectivity index (χ1n) is 6.73. The van der Waals surface area contributed by atoms with Gasteiger partial charge in [-0.2, -0.15) is 13.1 Å². The normalized spacial score (nSPS) is 39.0. The molecule has 0 N–H and O–H groups in total. The fourth-order valence-electron chi connectivity index (χ4n) is 4.35. The third kappa shape index (κ3) is 2.66. The van der Waals surface area contributed by atoms with E-state index in [0.29, 0.717) is 11.8 Å². The highest BCUT2D eigenvalue weighted by atomic mass is 32.2. The summed E-state index contributed by atoms with van der Waals surface area (Å²) in [5, 5.41) is 8.47. The lowest BCUT2D eigenvalue weighted by molar-refractivity contribution is -0.777. The first-order chi connectivity index (χ1) is 9.49. The van der Waals surface area contributed by atoms with Crippen LogP contribution in [0.5, 0.6) is 0 Å². The fourth-order valence-corrected chi connectivity index (χ4v) is 4.58. The Kier molecular flexibility index (Phi) is 3.91. The maximum atomic E-state index is 13.4. The summed E-state index contributed by atoms with van der Waals surface area (Å²) in [6, 6.07) is 0. The third-order valence-electron chi connectivity index (χ3n) is 4.79. The van der Waals surface area contributed by atoms with Crippen molar-refractivity contribution < 1.29 is 32.9 Å². The van der Waals surface area contributed by atoms with Crippen molar-refractivity contribution in [2.75, 3.05) is 0 Å². The number of carbonyl (C=O) groups excluding carboxylic acids is 1. The maximum absolute atomic E-state index is 13.4. The molecule has 4 bridgehead atoms. The highest BCUT2D eigenvalue weighted by Crippen LogP contribution is 2.55. The van der Waals surface area contributed by atoms with E-state index in [1.165, 1.54) is 6.42 Å². The van der Waals surface area contributed by atoms with E-state index in [4.69, 9.17) is 4.74 Å². The van der Waals surface area contributed by atoms with Gasteiger partial charge in [-0.1, -0.05) is 0 Å². The second kappa shape index (κ2) is 5.40. The molecule has 20 heavy (non-hydrogen) atoms. The molecule has 0 unspecified atom stereocenters. The number of hydrogen-bond donors (Lipinski definition) is 0. The summed E-state index contributed by atoms with van der Waals surface area (Å²) in [6.07, 6.45) is 4.66. The molecule has 0 radical (unpaired) electrons. The van der Waals surface area contributed by atoms with Crippen molar-refractivity contribution in [3.8, 4) is 0 Å². The van der Waals surface area contributed by atoms with Crippen molar-refractivity contribution >= 4 is 18.0 Å². The highest BCUT2D eigenvalue weighted by molar-refractivity contribution is 7.96. The van der Waals surface area contributed by atoms with Gasteiger partial charge in [0.15, 0.2) is 0 Å². The van der Waals surface area contributed by atoms with Gasteiger partial charge in [0.1, 0.15) is 18.1 Å². The van der Waals surface area contributed by atoms with Crippen LogP contribution in [0.3, 0.4) is 0 Å². The lowest BCUT2D eigenvalue weighted by Crippen LogP contribution is -2.51. The number of esters is 1. The Morgan fingerprint density at radius 1 is 1.10 bits per heavy atom. The van der Waals surface area contributed by atoms with E-state index in [2.05, 4.69) is 9.37 Å². The Bertz CT molecular complexity index is 364. The monoisotopic (exact) mass is 309 g/mol. The van der Waals surface area contributed by atoms with Crippen LogP contribution < -0.4 is 5.26 Å². The molecule has 0 aliphatic heterocycles. The molecule has 0 aromatic heterocycles. The summed E-state index contributed by atoms with van der Waals surface area (Å²) < 4.78 is 35.3. The molecule has 0 amide bonds. The second-order valence-corrected chi connectivity index (χ2v) is 6.85. The number of rotatable bonds is 5. The Balaban J connectivity index is 1.61. The van der Waals surface area contributed by atoms with Gasteiger partial charge in [-0.3, -0.25) is 5.04 Å². The molecule has 0 saturated heterocycles. The van der Waals surface area contributed by atoms with Gasteiger partial charge in [0.25, 0.3) is 0 Å². The molecule has 0 spiro atoms. The van der Waals surface area contributed by atoms with Crippen LogP contribution >= 0.6 is 12.0 Å². The van der Waals surface area contributed by atoms with Crippen molar-refractivity contribution in [1.29, 1.82) is 0 Å². The minimum Gasteiger partial charge on any atom is -0.691 e. The Labute approximate surface area is 119 Å². The number of ether oxygens (including phenoxy) is 1. The zero-order valence-corrected chi connectivity index (χ0v) is 11.4. The lowest BCUT2D eigenvalue weighted by atomic mass is 9.55. The third-order valence-corrected chi connectivity index (χ3v) is 5.29. The fraction of sp³-hybridized carbons (Fsp3) is 0.917. The molecule has 114 valence electrons. The Morgan fingerprint density at radius 2 is 1.65 bits per heavy atom. The summed E-state index contributed by atoms with van der Waals surface area (Å²) in [5.41, 5.74) is 0. The molecule has 4 aliphatic rings. The quantitative estimate of drug-likeness (QED) is 0.334. The van der Waals surface area contributed by atoms with Gasteiger partial charge in [0, 0.05) is 0 Å². The van der Waals surface area contributed by atoms with E-state index in [9.17, 15) is 18.8 Å². The van der Waals surface area contributed by atoms with E-state index < -0.39 is 29.4 Å². The van der Waals surface area contributed by atoms with Crippen LogP contribution in [0.2, 0.25) is 0 Å². The van der Waals surface area contributed by atoms with Crippen LogP contribution in [0.1, 0.15) is 32.1 Å². The van der Waals surface area contributed by atoms with E-state index in [1.807, 2.05) is 0 Å². The summed E-state index contributed by atoms with van der Waals surface area (Å²) in [6.45, 7) is 0. The van der Waals surface area contributed by atoms with Crippen LogP contribution in [-0.4, -0.2) is 17.3 Å². The van der Waals surface area contributed by atoms with Gasteiger partial charge >= 0.3 is 11.2 Å². The zero-order chi connectivity index (χ0) is 14.3. The molecular formula is C12H15F2O5S-. The summed E-state index contributed by atoms with van der Waals surface area (Å²) in [7, 11) is 0. The SMILES string of the molecule is O=C(OC1C2CC3CC(C2)CC1C3)C(F)(F)SOO[O-]. The number of halogens is 2. The molecule has 4 fully saturated rings. The standard InChI is InChI=1S/C12H16F2O5S/c13-12(14,20-19-18-16)11(15)17-10-8-2-6-1-7(4-8)5-9(10)3-6/h6-10,16H,1-5H2/p-1. The van der Waals surface area contributed by atoms with Crippen LogP contribution in [0, 0.1) is 23.7 Å². The van der Waals surface area contributed by atoms with Crippen LogP contribution in [-0.2, 0) is 18.9 Å². The van der Waals surface area contributed by atoms with Gasteiger partial charge in [-0.15, -0.1) is 0 Å². The van der Waals surface area contributed by atoms with Crippen molar-refractivity contribution in [2.24, 2.45) is 23.7 Å². The van der Waals surface area contributed by atoms with Crippen LogP contribution in [0.15, 0.2) is 0 Å². The second-order valence-electron chi connectivity index (χ2n) is 6.04. The summed E-state index contributed by atoms with van der Waals surface area (Å²) in [4.78, 5) is 11.5. The van der Waals surface area contributed by atoms with Crippen LogP contribution in [0.4, 0.5) is 8.78 Å². The number of hydrogen-bond acceptors (Lipinski definition) is 6. The van der Waals surface area contributed by atoms with Crippen molar-refractivity contribution in [2.45, 2.75) is 43.5 Å². The first-order valence-corrected chi connectivity index (χ1v) is 7.47. The molecule has 4 rings (SSSR count). The van der Waals surface area contributed by atoms with Gasteiger partial charge in [-0.05, 0) is 55.8 Å². The molecule has 0 aromatic carbocycles. The molecule has 8 heteroatoms.